The summed E-state index contributed by atoms with van der Waals surface area (Å²) in [6.07, 6.45) is 1.51. The largest absolute Gasteiger partial charge is 0.460 e. The summed E-state index contributed by atoms with van der Waals surface area (Å²) in [4.78, 5) is 12.3. The van der Waals surface area contributed by atoms with E-state index in [4.69, 9.17) is 9.47 Å². The minimum absolute atomic E-state index is 0.0515. The van der Waals surface area contributed by atoms with E-state index in [0.717, 1.165) is 12.0 Å². The molecule has 0 amide bonds. The topological polar surface area (TPSA) is 55.8 Å². The Morgan fingerprint density at radius 3 is 2.35 bits per heavy atom. The SMILES string of the molecule is O=C(CCc1ccccc1)OC1COC[C@@H](O)CC1Cc1ccccc1. The number of aliphatic hydroxyl groups is 1. The fourth-order valence-electron chi connectivity index (χ4n) is 3.41. The van der Waals surface area contributed by atoms with Crippen molar-refractivity contribution in [3.63, 3.8) is 0 Å². The first-order chi connectivity index (χ1) is 12.7. The van der Waals surface area contributed by atoms with Gasteiger partial charge in [-0.05, 0) is 30.4 Å². The van der Waals surface area contributed by atoms with Gasteiger partial charge < -0.3 is 14.6 Å². The Kier molecular flexibility index (Phi) is 6.81. The number of aryl methyl sites for hydroxylation is 1. The Bertz CT molecular complexity index is 671. The minimum Gasteiger partial charge on any atom is -0.460 e. The van der Waals surface area contributed by atoms with Crippen molar-refractivity contribution in [1.29, 1.82) is 0 Å². The average molecular weight is 354 g/mol. The van der Waals surface area contributed by atoms with E-state index in [1.54, 1.807) is 0 Å². The van der Waals surface area contributed by atoms with Crippen LogP contribution in [0.5, 0.6) is 0 Å². The van der Waals surface area contributed by atoms with Gasteiger partial charge in [0, 0.05) is 12.3 Å². The molecule has 0 saturated carbocycles. The third-order valence-corrected chi connectivity index (χ3v) is 4.78. The zero-order chi connectivity index (χ0) is 18.2. The molecule has 4 heteroatoms. The molecule has 138 valence electrons. The quantitative estimate of drug-likeness (QED) is 0.810. The molecule has 0 bridgehead atoms. The molecule has 4 nitrogen and oxygen atoms in total. The second kappa shape index (κ2) is 9.51. The summed E-state index contributed by atoms with van der Waals surface area (Å²) in [5.41, 5.74) is 2.30. The molecular weight excluding hydrogens is 328 g/mol. The second-order valence-corrected chi connectivity index (χ2v) is 6.89. The molecule has 1 N–H and O–H groups in total. The average Bonchev–Trinajstić information content (AvgIpc) is 2.83. The van der Waals surface area contributed by atoms with Gasteiger partial charge in [0.25, 0.3) is 0 Å². The Morgan fingerprint density at radius 2 is 1.65 bits per heavy atom. The van der Waals surface area contributed by atoms with Crippen molar-refractivity contribution in [3.05, 3.63) is 71.8 Å². The molecule has 0 aliphatic carbocycles. The van der Waals surface area contributed by atoms with Crippen LogP contribution in [-0.4, -0.2) is 36.5 Å². The molecule has 1 aliphatic heterocycles. The minimum atomic E-state index is -0.517. The molecule has 1 aliphatic rings. The van der Waals surface area contributed by atoms with Crippen LogP contribution in [0, 0.1) is 5.92 Å². The predicted octanol–water partition coefficient (Wildman–Crippen LogP) is 3.17. The molecule has 0 spiro atoms. The van der Waals surface area contributed by atoms with Crippen molar-refractivity contribution in [2.75, 3.05) is 13.2 Å². The van der Waals surface area contributed by atoms with E-state index in [1.165, 1.54) is 5.56 Å². The number of esters is 1. The monoisotopic (exact) mass is 354 g/mol. The van der Waals surface area contributed by atoms with Crippen LogP contribution in [0.15, 0.2) is 60.7 Å². The first kappa shape index (κ1) is 18.6. The highest BCUT2D eigenvalue weighted by Gasteiger charge is 2.31. The van der Waals surface area contributed by atoms with Gasteiger partial charge in [-0.2, -0.15) is 0 Å². The summed E-state index contributed by atoms with van der Waals surface area (Å²) in [5.74, 6) is -0.160. The fraction of sp³-hybridized carbons (Fsp3) is 0.409. The Balaban J connectivity index is 1.59. The summed E-state index contributed by atoms with van der Waals surface area (Å²) in [6.45, 7) is 0.634. The summed E-state index contributed by atoms with van der Waals surface area (Å²) in [5, 5.41) is 10.1. The molecule has 3 atom stereocenters. The lowest BCUT2D eigenvalue weighted by atomic mass is 9.89. The van der Waals surface area contributed by atoms with Gasteiger partial charge in [0.1, 0.15) is 6.10 Å². The van der Waals surface area contributed by atoms with E-state index in [9.17, 15) is 9.90 Å². The van der Waals surface area contributed by atoms with Crippen molar-refractivity contribution in [2.24, 2.45) is 5.92 Å². The van der Waals surface area contributed by atoms with Crippen LogP contribution < -0.4 is 0 Å². The van der Waals surface area contributed by atoms with E-state index in [1.807, 2.05) is 48.5 Å². The molecule has 2 aromatic rings. The molecular formula is C22H26O4. The van der Waals surface area contributed by atoms with Crippen LogP contribution >= 0.6 is 0 Å². The smallest absolute Gasteiger partial charge is 0.306 e. The van der Waals surface area contributed by atoms with Gasteiger partial charge in [-0.3, -0.25) is 4.79 Å². The number of carbonyl (C=O) groups is 1. The highest BCUT2D eigenvalue weighted by atomic mass is 16.6. The van der Waals surface area contributed by atoms with Gasteiger partial charge in [0.15, 0.2) is 0 Å². The Hall–Kier alpha value is -2.17. The number of benzene rings is 2. The molecule has 1 saturated heterocycles. The Morgan fingerprint density at radius 1 is 1.00 bits per heavy atom. The van der Waals surface area contributed by atoms with Crippen LogP contribution in [-0.2, 0) is 27.1 Å². The lowest BCUT2D eigenvalue weighted by molar-refractivity contribution is -0.154. The van der Waals surface area contributed by atoms with Gasteiger partial charge in [-0.15, -0.1) is 0 Å². The molecule has 0 aromatic heterocycles. The number of rotatable bonds is 6. The maximum atomic E-state index is 12.3. The van der Waals surface area contributed by atoms with E-state index in [0.29, 0.717) is 32.5 Å². The van der Waals surface area contributed by atoms with Crippen molar-refractivity contribution in [1.82, 2.24) is 0 Å². The summed E-state index contributed by atoms with van der Waals surface area (Å²) in [6, 6.07) is 20.0. The normalized spacial score (nSPS) is 23.2. The van der Waals surface area contributed by atoms with Crippen LogP contribution in [0.1, 0.15) is 24.0 Å². The number of aliphatic hydroxyl groups excluding tert-OH is 1. The molecule has 2 unspecified atom stereocenters. The molecule has 3 rings (SSSR count). The number of carbonyl (C=O) groups excluding carboxylic acids is 1. The van der Waals surface area contributed by atoms with Crippen LogP contribution in [0.25, 0.3) is 0 Å². The zero-order valence-corrected chi connectivity index (χ0v) is 14.9. The van der Waals surface area contributed by atoms with Gasteiger partial charge in [-0.1, -0.05) is 60.7 Å². The number of hydrogen-bond acceptors (Lipinski definition) is 4. The fourth-order valence-corrected chi connectivity index (χ4v) is 3.41. The van der Waals surface area contributed by atoms with Gasteiger partial charge in [0.2, 0.25) is 0 Å². The second-order valence-electron chi connectivity index (χ2n) is 6.89. The first-order valence-corrected chi connectivity index (χ1v) is 9.24. The maximum absolute atomic E-state index is 12.3. The molecule has 1 heterocycles. The summed E-state index contributed by atoms with van der Waals surface area (Å²) >= 11 is 0. The van der Waals surface area contributed by atoms with E-state index < -0.39 is 6.10 Å². The first-order valence-electron chi connectivity index (χ1n) is 9.24. The summed E-state index contributed by atoms with van der Waals surface area (Å²) < 4.78 is 11.3. The van der Waals surface area contributed by atoms with E-state index in [-0.39, 0.29) is 18.0 Å². The summed E-state index contributed by atoms with van der Waals surface area (Å²) in [7, 11) is 0. The standard InChI is InChI=1S/C22H26O4/c23-20-14-19(13-18-9-5-2-6-10-18)21(16-25-15-20)26-22(24)12-11-17-7-3-1-4-8-17/h1-10,19-21,23H,11-16H2/t19?,20-,21?/m0/s1. The Labute approximate surface area is 154 Å². The zero-order valence-electron chi connectivity index (χ0n) is 14.9. The van der Waals surface area contributed by atoms with Gasteiger partial charge >= 0.3 is 5.97 Å². The predicted molar refractivity (Wildman–Crippen MR) is 99.7 cm³/mol. The highest BCUT2D eigenvalue weighted by Crippen LogP contribution is 2.24. The van der Waals surface area contributed by atoms with E-state index >= 15 is 0 Å². The van der Waals surface area contributed by atoms with Crippen molar-refractivity contribution in [2.45, 2.75) is 37.9 Å². The lowest BCUT2D eigenvalue weighted by Gasteiger charge is -2.25. The third-order valence-electron chi connectivity index (χ3n) is 4.78. The number of hydrogen-bond donors (Lipinski definition) is 1. The van der Waals surface area contributed by atoms with Crippen molar-refractivity contribution in [3.8, 4) is 0 Å². The number of ether oxygens (including phenoxy) is 2. The third kappa shape index (κ3) is 5.68. The molecule has 1 fully saturated rings. The van der Waals surface area contributed by atoms with Crippen molar-refractivity contribution < 1.29 is 19.4 Å². The van der Waals surface area contributed by atoms with Crippen LogP contribution in [0.4, 0.5) is 0 Å². The van der Waals surface area contributed by atoms with Gasteiger partial charge in [0.05, 0.1) is 19.3 Å². The van der Waals surface area contributed by atoms with Gasteiger partial charge in [-0.25, -0.2) is 0 Å². The van der Waals surface area contributed by atoms with E-state index in [2.05, 4.69) is 12.1 Å². The highest BCUT2D eigenvalue weighted by molar-refractivity contribution is 5.70. The van der Waals surface area contributed by atoms with Crippen molar-refractivity contribution >= 4 is 5.97 Å². The maximum Gasteiger partial charge on any atom is 0.306 e. The molecule has 26 heavy (non-hydrogen) atoms. The molecule has 2 aromatic carbocycles. The lowest BCUT2D eigenvalue weighted by Crippen LogP contribution is -2.32. The van der Waals surface area contributed by atoms with Crippen LogP contribution in [0.3, 0.4) is 0 Å². The molecule has 0 radical (unpaired) electrons. The van der Waals surface area contributed by atoms with Crippen LogP contribution in [0.2, 0.25) is 0 Å².